The van der Waals surface area contributed by atoms with Crippen molar-refractivity contribution in [3.63, 3.8) is 0 Å². The van der Waals surface area contributed by atoms with Crippen molar-refractivity contribution in [3.8, 4) is 5.75 Å². The topological polar surface area (TPSA) is 178 Å². The summed E-state index contributed by atoms with van der Waals surface area (Å²) in [6.07, 6.45) is 1.46. The lowest BCUT2D eigenvalue weighted by Gasteiger charge is -2.54. The number of amides is 1. The Bertz CT molecular complexity index is 1130. The standard InChI is InChI=1S/C23H29N5O6/c1-5-28(4)16-11-7-9-6-10-14(12(29)8-26-22(10)27(2)3)17(30)13(9)20(32)23(11,34)19(24)15(18(16)31)21(25)33/h8-9,11,13,15-16,24,29,34H,5-7H2,1-4H3,(H2,25,33). The fourth-order valence-corrected chi connectivity index (χ4v) is 6.03. The smallest absolute Gasteiger partial charge is 0.233 e. The Kier molecular flexibility index (Phi) is 5.60. The molecular weight excluding hydrogens is 442 g/mol. The molecule has 1 aromatic heterocycles. The van der Waals surface area contributed by atoms with E-state index in [0.29, 0.717) is 17.9 Å². The third-order valence-electron chi connectivity index (χ3n) is 7.69. The molecule has 0 aromatic carbocycles. The van der Waals surface area contributed by atoms with E-state index >= 15 is 0 Å². The van der Waals surface area contributed by atoms with E-state index in [4.69, 9.17) is 11.1 Å². The number of aromatic hydroxyl groups is 1. The van der Waals surface area contributed by atoms with E-state index in [1.54, 1.807) is 37.9 Å². The maximum atomic E-state index is 13.8. The molecule has 6 unspecified atom stereocenters. The monoisotopic (exact) mass is 471 g/mol. The van der Waals surface area contributed by atoms with Gasteiger partial charge in [0.15, 0.2) is 23.0 Å². The van der Waals surface area contributed by atoms with E-state index in [1.807, 2.05) is 0 Å². The van der Waals surface area contributed by atoms with Crippen molar-refractivity contribution in [1.82, 2.24) is 9.88 Å². The van der Waals surface area contributed by atoms with Crippen LogP contribution < -0.4 is 10.6 Å². The zero-order valence-corrected chi connectivity index (χ0v) is 19.5. The predicted molar refractivity (Wildman–Crippen MR) is 121 cm³/mol. The number of hydrogen-bond donors (Lipinski definition) is 4. The Labute approximate surface area is 196 Å². The largest absolute Gasteiger partial charge is 0.506 e. The summed E-state index contributed by atoms with van der Waals surface area (Å²) in [5, 5.41) is 30.6. The summed E-state index contributed by atoms with van der Waals surface area (Å²) in [5.41, 5.74) is 2.62. The molecule has 5 N–H and O–H groups in total. The van der Waals surface area contributed by atoms with E-state index in [-0.39, 0.29) is 24.2 Å². The number of aliphatic hydroxyl groups is 1. The second-order valence-electron chi connectivity index (χ2n) is 9.66. The molecule has 11 nitrogen and oxygen atoms in total. The Morgan fingerprint density at radius 2 is 1.94 bits per heavy atom. The van der Waals surface area contributed by atoms with Gasteiger partial charge >= 0.3 is 0 Å². The van der Waals surface area contributed by atoms with Gasteiger partial charge in [-0.05, 0) is 32.4 Å². The van der Waals surface area contributed by atoms with E-state index in [2.05, 4.69) is 4.98 Å². The molecule has 34 heavy (non-hydrogen) atoms. The van der Waals surface area contributed by atoms with Gasteiger partial charge in [-0.25, -0.2) is 4.98 Å². The first-order valence-corrected chi connectivity index (χ1v) is 11.2. The highest BCUT2D eigenvalue weighted by Crippen LogP contribution is 2.51. The number of hydrogen-bond acceptors (Lipinski definition) is 10. The summed E-state index contributed by atoms with van der Waals surface area (Å²) in [4.78, 5) is 60.3. The Hall–Kier alpha value is -3.18. The van der Waals surface area contributed by atoms with Crippen molar-refractivity contribution >= 4 is 34.8 Å². The summed E-state index contributed by atoms with van der Waals surface area (Å²) in [7, 11) is 5.14. The summed E-state index contributed by atoms with van der Waals surface area (Å²) >= 11 is 0. The highest BCUT2D eigenvalue weighted by atomic mass is 16.3. The van der Waals surface area contributed by atoms with Crippen LogP contribution in [0.3, 0.4) is 0 Å². The molecular formula is C23H29N5O6. The van der Waals surface area contributed by atoms with Crippen LogP contribution >= 0.6 is 0 Å². The molecule has 0 saturated heterocycles. The van der Waals surface area contributed by atoms with E-state index in [9.17, 15) is 29.4 Å². The number of pyridine rings is 1. The molecule has 0 spiro atoms. The van der Waals surface area contributed by atoms with Crippen LogP contribution in [0.5, 0.6) is 5.75 Å². The first kappa shape index (κ1) is 24.0. The van der Waals surface area contributed by atoms with Gasteiger partial charge in [-0.3, -0.25) is 24.1 Å². The third kappa shape index (κ3) is 3.03. The van der Waals surface area contributed by atoms with Crippen LogP contribution in [-0.4, -0.2) is 88.4 Å². The summed E-state index contributed by atoms with van der Waals surface area (Å²) in [5.74, 6) is -7.89. The van der Waals surface area contributed by atoms with Crippen LogP contribution in [0.1, 0.15) is 29.3 Å². The highest BCUT2D eigenvalue weighted by Gasteiger charge is 2.67. The number of nitrogens with zero attached hydrogens (tertiary/aromatic N) is 3. The van der Waals surface area contributed by atoms with Crippen LogP contribution in [0.25, 0.3) is 0 Å². The minimum Gasteiger partial charge on any atom is -0.506 e. The lowest BCUT2D eigenvalue weighted by atomic mass is 9.52. The van der Waals surface area contributed by atoms with Crippen molar-refractivity contribution in [2.75, 3.05) is 32.6 Å². The molecule has 3 aliphatic carbocycles. The average molecular weight is 472 g/mol. The predicted octanol–water partition coefficient (Wildman–Crippen LogP) is -0.831. The average Bonchev–Trinajstić information content (AvgIpc) is 2.75. The van der Waals surface area contributed by atoms with Gasteiger partial charge < -0.3 is 26.3 Å². The number of primary amides is 1. The van der Waals surface area contributed by atoms with Gasteiger partial charge in [-0.1, -0.05) is 6.92 Å². The van der Waals surface area contributed by atoms with E-state index < -0.39 is 64.3 Å². The maximum absolute atomic E-state index is 13.8. The number of ketones is 3. The van der Waals surface area contributed by atoms with Crippen molar-refractivity contribution in [2.24, 2.45) is 29.4 Å². The maximum Gasteiger partial charge on any atom is 0.233 e. The molecule has 182 valence electrons. The number of Topliss-reactive ketones (excluding diaryl/α,β-unsaturated/α-hetero) is 3. The quantitative estimate of drug-likeness (QED) is 0.408. The number of carbonyl (C=O) groups is 4. The molecule has 0 bridgehead atoms. The van der Waals surface area contributed by atoms with E-state index in [0.717, 1.165) is 6.20 Å². The van der Waals surface area contributed by atoms with Gasteiger partial charge in [0.25, 0.3) is 0 Å². The second-order valence-corrected chi connectivity index (χ2v) is 9.66. The van der Waals surface area contributed by atoms with Crippen LogP contribution in [0.15, 0.2) is 6.20 Å². The molecule has 3 aliphatic rings. The first-order valence-electron chi connectivity index (χ1n) is 11.2. The van der Waals surface area contributed by atoms with Gasteiger partial charge in [0.2, 0.25) is 5.91 Å². The fourth-order valence-electron chi connectivity index (χ4n) is 6.03. The molecule has 6 atom stereocenters. The minimum absolute atomic E-state index is 0.0255. The first-order chi connectivity index (χ1) is 15.9. The highest BCUT2D eigenvalue weighted by molar-refractivity contribution is 6.33. The number of aromatic nitrogens is 1. The fraction of sp³-hybridized carbons (Fsp3) is 0.565. The van der Waals surface area contributed by atoms with Gasteiger partial charge in [-0.15, -0.1) is 0 Å². The number of nitrogens with one attached hydrogen (secondary N) is 1. The summed E-state index contributed by atoms with van der Waals surface area (Å²) < 4.78 is 0. The van der Waals surface area contributed by atoms with Crippen LogP contribution in [0.2, 0.25) is 0 Å². The molecule has 0 aliphatic heterocycles. The number of anilines is 1. The molecule has 1 aromatic rings. The molecule has 1 heterocycles. The summed E-state index contributed by atoms with van der Waals surface area (Å²) in [6.45, 7) is 2.17. The molecule has 4 rings (SSSR count). The number of carbonyl (C=O) groups excluding carboxylic acids is 4. The van der Waals surface area contributed by atoms with Crippen LogP contribution in [0, 0.1) is 29.1 Å². The second kappa shape index (κ2) is 7.95. The van der Waals surface area contributed by atoms with Crippen molar-refractivity contribution in [3.05, 3.63) is 17.3 Å². The normalized spacial score (nSPS) is 32.8. The zero-order valence-electron chi connectivity index (χ0n) is 19.5. The molecule has 11 heteroatoms. The lowest BCUT2D eigenvalue weighted by Crippen LogP contribution is -2.74. The van der Waals surface area contributed by atoms with Crippen molar-refractivity contribution < 1.29 is 29.4 Å². The van der Waals surface area contributed by atoms with Crippen molar-refractivity contribution in [2.45, 2.75) is 31.4 Å². The van der Waals surface area contributed by atoms with E-state index in [1.165, 1.54) is 0 Å². The van der Waals surface area contributed by atoms with Gasteiger partial charge in [-0.2, -0.15) is 0 Å². The SMILES string of the molecule is CCN(C)C1C(=O)C(C(N)=O)C(=N)C2(O)C(=O)C3C(=O)c4c(O)cnc(N(C)C)c4CC3CC12. The number of fused-ring (bicyclic) bond motifs is 3. The number of likely N-dealkylation sites (N-methyl/N-ethyl adjacent to an activating group) is 1. The minimum atomic E-state index is -2.50. The number of nitrogens with two attached hydrogens (primary N) is 1. The molecule has 2 fully saturated rings. The van der Waals surface area contributed by atoms with Gasteiger partial charge in [0.05, 0.1) is 29.4 Å². The zero-order chi connectivity index (χ0) is 25.3. The molecule has 0 radical (unpaired) electrons. The third-order valence-corrected chi connectivity index (χ3v) is 7.69. The Balaban J connectivity index is 1.89. The van der Waals surface area contributed by atoms with Gasteiger partial charge in [0, 0.05) is 25.6 Å². The molecule has 1 amide bonds. The lowest BCUT2D eigenvalue weighted by molar-refractivity contribution is -0.157. The van der Waals surface area contributed by atoms with Crippen LogP contribution in [-0.2, 0) is 20.8 Å². The van der Waals surface area contributed by atoms with Crippen molar-refractivity contribution in [1.29, 1.82) is 5.41 Å². The molecule has 2 saturated carbocycles. The summed E-state index contributed by atoms with van der Waals surface area (Å²) in [6, 6.07) is -1.03. The van der Waals surface area contributed by atoms with Gasteiger partial charge in [0.1, 0.15) is 17.5 Å². The number of rotatable bonds is 4. The Morgan fingerprint density at radius 1 is 1.29 bits per heavy atom. The van der Waals surface area contributed by atoms with Crippen LogP contribution in [0.4, 0.5) is 5.82 Å². The Morgan fingerprint density at radius 3 is 2.50 bits per heavy atom.